The van der Waals surface area contributed by atoms with Crippen LogP contribution in [0.5, 0.6) is 5.75 Å². The van der Waals surface area contributed by atoms with Crippen molar-refractivity contribution in [3.63, 3.8) is 0 Å². The number of hydrogen-bond donors (Lipinski definition) is 5. The molecule has 0 aromatic heterocycles. The van der Waals surface area contributed by atoms with Crippen molar-refractivity contribution >= 4 is 29.5 Å². The largest absolute Gasteiger partial charge is 0.507 e. The molecule has 1 aromatic carbocycles. The van der Waals surface area contributed by atoms with E-state index in [0.29, 0.717) is 62.2 Å². The highest BCUT2D eigenvalue weighted by molar-refractivity contribution is 6.00. The minimum absolute atomic E-state index is 0.0317. The first-order valence-electron chi connectivity index (χ1n) is 18.9. The summed E-state index contributed by atoms with van der Waals surface area (Å²) < 4.78 is 5.47. The lowest BCUT2D eigenvalue weighted by Gasteiger charge is -2.15. The first-order valence-corrected chi connectivity index (χ1v) is 18.9. The molecule has 0 fully saturated rings. The van der Waals surface area contributed by atoms with Crippen LogP contribution in [0.1, 0.15) is 128 Å². The molecule has 0 saturated heterocycles. The molecule has 51 heavy (non-hydrogen) atoms. The predicted octanol–water partition coefficient (Wildman–Crippen LogP) is 5.80. The number of hydroxylamine groups is 4. The number of nitrogens with one attached hydrogen (secondary N) is 2. The van der Waals surface area contributed by atoms with Crippen molar-refractivity contribution in [2.75, 3.05) is 32.8 Å². The van der Waals surface area contributed by atoms with E-state index < -0.39 is 17.9 Å². The summed E-state index contributed by atoms with van der Waals surface area (Å²) in [6.45, 7) is 3.49. The molecule has 2 rings (SSSR count). The van der Waals surface area contributed by atoms with Gasteiger partial charge in [-0.25, -0.2) is 15.1 Å². The zero-order valence-corrected chi connectivity index (χ0v) is 30.5. The van der Waals surface area contributed by atoms with Crippen LogP contribution in [0.25, 0.3) is 0 Å². The Balaban J connectivity index is 1.41. The van der Waals surface area contributed by atoms with Crippen molar-refractivity contribution in [1.29, 1.82) is 0 Å². The van der Waals surface area contributed by atoms with Gasteiger partial charge in [0.15, 0.2) is 6.04 Å². The predicted molar refractivity (Wildman–Crippen MR) is 195 cm³/mol. The fourth-order valence-electron chi connectivity index (χ4n) is 5.51. The topological polar surface area (TPSA) is 181 Å². The van der Waals surface area contributed by atoms with Crippen LogP contribution in [0, 0.1) is 0 Å². The van der Waals surface area contributed by atoms with Gasteiger partial charge in [0.25, 0.3) is 5.91 Å². The van der Waals surface area contributed by atoms with E-state index >= 15 is 0 Å². The van der Waals surface area contributed by atoms with Gasteiger partial charge in [-0.2, -0.15) is 0 Å². The normalized spacial score (nSPS) is 13.9. The third kappa shape index (κ3) is 19.3. The van der Waals surface area contributed by atoms with Gasteiger partial charge in [0, 0.05) is 45.1 Å². The molecule has 0 spiro atoms. The van der Waals surface area contributed by atoms with Gasteiger partial charge in [0.2, 0.25) is 23.6 Å². The second-order valence-electron chi connectivity index (χ2n) is 13.0. The number of phenols is 1. The molecule has 5 N–H and O–H groups in total. The van der Waals surface area contributed by atoms with Gasteiger partial charge in [-0.1, -0.05) is 76.5 Å². The van der Waals surface area contributed by atoms with Crippen molar-refractivity contribution < 1.29 is 39.4 Å². The maximum Gasteiger partial charge on any atom is 0.269 e. The zero-order valence-electron chi connectivity index (χ0n) is 30.5. The fraction of sp³-hybridized carbons (Fsp3) is 0.658. The Labute approximate surface area is 303 Å². The number of hydrogen-bond acceptors (Lipinski definition) is 9. The van der Waals surface area contributed by atoms with E-state index in [1.54, 1.807) is 18.2 Å². The number of phenolic OH excluding ortho intramolecular Hbond substituents is 1. The van der Waals surface area contributed by atoms with Crippen molar-refractivity contribution in [3.05, 3.63) is 42.0 Å². The first-order chi connectivity index (χ1) is 24.7. The lowest BCUT2D eigenvalue weighted by molar-refractivity contribution is -0.166. The number of ether oxygens (including phenoxy) is 1. The summed E-state index contributed by atoms with van der Waals surface area (Å²) in [6, 6.07) is 5.93. The lowest BCUT2D eigenvalue weighted by atomic mass is 10.1. The number of aliphatic imine (C=N–C) groups is 1. The second-order valence-corrected chi connectivity index (χ2v) is 13.0. The molecule has 1 aliphatic heterocycles. The van der Waals surface area contributed by atoms with Crippen LogP contribution in [0.3, 0.4) is 0 Å². The monoisotopic (exact) mass is 715 g/mol. The summed E-state index contributed by atoms with van der Waals surface area (Å²) in [5.41, 5.74) is 0.437. The number of rotatable bonds is 28. The minimum Gasteiger partial charge on any atom is -0.507 e. The van der Waals surface area contributed by atoms with Crippen molar-refractivity contribution in [2.24, 2.45) is 4.99 Å². The Morgan fingerprint density at radius 1 is 0.804 bits per heavy atom. The molecule has 1 heterocycles. The number of carbonyl (C=O) groups is 4. The third-order valence-corrected chi connectivity index (χ3v) is 8.65. The van der Waals surface area contributed by atoms with Gasteiger partial charge >= 0.3 is 0 Å². The Kier molecular flexibility index (Phi) is 22.7. The van der Waals surface area contributed by atoms with Crippen LogP contribution in [0.4, 0.5) is 0 Å². The molecule has 13 nitrogen and oxygen atoms in total. The molecule has 1 aliphatic rings. The van der Waals surface area contributed by atoms with Crippen LogP contribution in [0.15, 0.2) is 41.4 Å². The van der Waals surface area contributed by atoms with Gasteiger partial charge < -0.3 is 20.5 Å². The Morgan fingerprint density at radius 3 is 2.10 bits per heavy atom. The van der Waals surface area contributed by atoms with Gasteiger partial charge in [0.05, 0.1) is 5.56 Å². The molecule has 0 radical (unpaired) electrons. The van der Waals surface area contributed by atoms with Crippen molar-refractivity contribution in [1.82, 2.24) is 20.8 Å². The summed E-state index contributed by atoms with van der Waals surface area (Å²) in [6.07, 6.45) is 19.0. The quantitative estimate of drug-likeness (QED) is 0.0312. The van der Waals surface area contributed by atoms with Crippen LogP contribution in [0.2, 0.25) is 0 Å². The Bertz CT molecular complexity index is 1240. The first kappa shape index (κ1) is 43.2. The molecule has 13 heteroatoms. The number of allylic oxidation sites excluding steroid dienone is 1. The zero-order chi connectivity index (χ0) is 37.1. The van der Waals surface area contributed by atoms with E-state index in [0.717, 1.165) is 24.3 Å². The average molecular weight is 716 g/mol. The summed E-state index contributed by atoms with van der Waals surface area (Å²) in [5, 5.41) is 36.8. The molecule has 1 aromatic rings. The smallest absolute Gasteiger partial charge is 0.269 e. The van der Waals surface area contributed by atoms with E-state index in [2.05, 4.69) is 22.5 Å². The molecule has 286 valence electrons. The molecule has 1 atom stereocenters. The molecule has 4 amide bonds. The molecular formula is C38H61N5O8. The van der Waals surface area contributed by atoms with Crippen molar-refractivity contribution in [2.45, 2.75) is 129 Å². The van der Waals surface area contributed by atoms with Crippen LogP contribution >= 0.6 is 0 Å². The average Bonchev–Trinajstić information content (AvgIpc) is 3.62. The van der Waals surface area contributed by atoms with Gasteiger partial charge in [-0.15, -0.1) is 0 Å². The summed E-state index contributed by atoms with van der Waals surface area (Å²) in [4.78, 5) is 53.0. The van der Waals surface area contributed by atoms with Crippen LogP contribution < -0.4 is 10.6 Å². The molecule has 0 bridgehead atoms. The highest BCUT2D eigenvalue weighted by atomic mass is 16.5. The summed E-state index contributed by atoms with van der Waals surface area (Å²) in [7, 11) is 0. The SMILES string of the molecule is CCCCCCCCCCCC=CC(=O)N(O)CCCCCNC(=O)CCC(=O)N(O)CCCCCNC(=O)C1COC(c2ccccc2O)=N1. The van der Waals surface area contributed by atoms with Gasteiger partial charge in [-0.05, 0) is 63.5 Å². The summed E-state index contributed by atoms with van der Waals surface area (Å²) >= 11 is 0. The van der Waals surface area contributed by atoms with Crippen LogP contribution in [-0.4, -0.2) is 94.0 Å². The van der Waals surface area contributed by atoms with Crippen LogP contribution in [-0.2, 0) is 23.9 Å². The number of benzene rings is 1. The minimum atomic E-state index is -0.692. The van der Waals surface area contributed by atoms with E-state index in [1.165, 1.54) is 57.1 Å². The van der Waals surface area contributed by atoms with Gasteiger partial charge in [-0.3, -0.25) is 29.6 Å². The number of unbranched alkanes of at least 4 members (excludes halogenated alkanes) is 13. The number of carbonyl (C=O) groups excluding carboxylic acids is 4. The number of para-hydroxylation sites is 1. The third-order valence-electron chi connectivity index (χ3n) is 8.65. The molecule has 0 aliphatic carbocycles. The molecule has 0 saturated carbocycles. The molecule has 1 unspecified atom stereocenters. The number of aromatic hydroxyl groups is 1. The number of amides is 4. The maximum absolute atomic E-state index is 12.4. The van der Waals surface area contributed by atoms with E-state index in [-0.39, 0.29) is 56.0 Å². The lowest BCUT2D eigenvalue weighted by Crippen LogP contribution is -2.35. The van der Waals surface area contributed by atoms with E-state index in [1.807, 2.05) is 6.08 Å². The Hall–Kier alpha value is -3.97. The maximum atomic E-state index is 12.4. The van der Waals surface area contributed by atoms with Crippen molar-refractivity contribution in [3.8, 4) is 5.75 Å². The standard InChI is InChI=1S/C38H61N5O8/c1-2-3-4-5-6-7-8-9-10-11-14-23-35(46)42(49)28-19-12-17-26-39-34(45)24-25-36(47)43(50)29-20-13-18-27-40-37(48)32-30-51-38(41-32)31-21-15-16-22-33(31)44/h14-16,21-23,32,44,49-50H,2-13,17-20,24-30H2,1H3,(H,39,45)(H,40,48). The summed E-state index contributed by atoms with van der Waals surface area (Å²) in [5.74, 6) is -1.25. The van der Waals surface area contributed by atoms with E-state index in [9.17, 15) is 34.7 Å². The second kappa shape index (κ2) is 26.8. The molecular weight excluding hydrogens is 654 g/mol. The highest BCUT2D eigenvalue weighted by Gasteiger charge is 2.27. The number of nitrogens with zero attached hydrogens (tertiary/aromatic N) is 3. The Morgan fingerprint density at radius 2 is 1.41 bits per heavy atom. The highest BCUT2D eigenvalue weighted by Crippen LogP contribution is 2.21. The van der Waals surface area contributed by atoms with E-state index in [4.69, 9.17) is 4.74 Å². The fourth-order valence-corrected chi connectivity index (χ4v) is 5.51. The van der Waals surface area contributed by atoms with Gasteiger partial charge in [0.1, 0.15) is 12.4 Å².